The van der Waals surface area contributed by atoms with Gasteiger partial charge in [0.2, 0.25) is 5.91 Å². The van der Waals surface area contributed by atoms with Crippen LogP contribution in [0.15, 0.2) is 51.9 Å². The van der Waals surface area contributed by atoms with E-state index in [4.69, 9.17) is 4.74 Å². The predicted molar refractivity (Wildman–Crippen MR) is 97.2 cm³/mol. The number of pyridine rings is 1. The van der Waals surface area contributed by atoms with Crippen LogP contribution in [0, 0.1) is 0 Å². The summed E-state index contributed by atoms with van der Waals surface area (Å²) in [5.74, 6) is 0.777. The van der Waals surface area contributed by atoms with Crippen molar-refractivity contribution in [1.29, 1.82) is 0 Å². The third-order valence-electron chi connectivity index (χ3n) is 4.09. The minimum atomic E-state index is -0.114. The maximum atomic E-state index is 12.4. The number of hydrogen-bond donors (Lipinski definition) is 0. The van der Waals surface area contributed by atoms with Gasteiger partial charge in [-0.2, -0.15) is 0 Å². The molecule has 0 spiro atoms. The van der Waals surface area contributed by atoms with Gasteiger partial charge < -0.3 is 14.2 Å². The zero-order valence-corrected chi connectivity index (χ0v) is 15.6. The number of carbonyl (C=O) groups is 1. The first-order chi connectivity index (χ1) is 11.4. The molecule has 0 aliphatic carbocycles. The van der Waals surface area contributed by atoms with Crippen LogP contribution in [0.3, 0.4) is 0 Å². The molecule has 1 heterocycles. The normalized spacial score (nSPS) is 11.8. The van der Waals surface area contributed by atoms with E-state index in [9.17, 15) is 9.59 Å². The van der Waals surface area contributed by atoms with Crippen molar-refractivity contribution in [1.82, 2.24) is 9.47 Å². The number of rotatable bonds is 6. The molecule has 6 heteroatoms. The van der Waals surface area contributed by atoms with Gasteiger partial charge in [0, 0.05) is 36.7 Å². The topological polar surface area (TPSA) is 51.5 Å². The second kappa shape index (κ2) is 8.15. The number of hydrogen-bond acceptors (Lipinski definition) is 3. The zero-order valence-electron chi connectivity index (χ0n) is 14.0. The van der Waals surface area contributed by atoms with E-state index in [1.807, 2.05) is 31.2 Å². The van der Waals surface area contributed by atoms with Crippen LogP contribution in [0.5, 0.6) is 5.75 Å². The first kappa shape index (κ1) is 18.3. The van der Waals surface area contributed by atoms with Crippen LogP contribution < -0.4 is 10.3 Å². The number of amides is 1. The van der Waals surface area contributed by atoms with Crippen molar-refractivity contribution in [3.63, 3.8) is 0 Å². The van der Waals surface area contributed by atoms with Gasteiger partial charge >= 0.3 is 0 Å². The molecular weight excluding hydrogens is 372 g/mol. The summed E-state index contributed by atoms with van der Waals surface area (Å²) in [6.07, 6.45) is 1.97. The van der Waals surface area contributed by atoms with Crippen LogP contribution in [0.25, 0.3) is 0 Å². The molecule has 0 fully saturated rings. The van der Waals surface area contributed by atoms with Gasteiger partial charge in [-0.15, -0.1) is 0 Å². The van der Waals surface area contributed by atoms with Crippen molar-refractivity contribution in [3.8, 4) is 5.75 Å². The number of aryl methyl sites for hydroxylation is 1. The van der Waals surface area contributed by atoms with Gasteiger partial charge in [0.1, 0.15) is 5.75 Å². The lowest BCUT2D eigenvalue weighted by Crippen LogP contribution is -2.31. The SMILES string of the molecule is COc1ccc(C(C)N(C)C(=O)CCn2cc(Br)ccc2=O)cc1. The molecule has 0 N–H and O–H groups in total. The van der Waals surface area contributed by atoms with Crippen LogP contribution in [-0.2, 0) is 11.3 Å². The number of carbonyl (C=O) groups excluding carboxylic acids is 1. The summed E-state index contributed by atoms with van der Waals surface area (Å²) in [5.41, 5.74) is 0.920. The van der Waals surface area contributed by atoms with E-state index in [0.29, 0.717) is 6.54 Å². The minimum Gasteiger partial charge on any atom is -0.497 e. The van der Waals surface area contributed by atoms with Crippen molar-refractivity contribution < 1.29 is 9.53 Å². The zero-order chi connectivity index (χ0) is 17.7. The Morgan fingerprint density at radius 1 is 1.25 bits per heavy atom. The first-order valence-corrected chi connectivity index (χ1v) is 8.47. The van der Waals surface area contributed by atoms with Crippen LogP contribution in [-0.4, -0.2) is 29.5 Å². The molecular formula is C18H21BrN2O3. The summed E-state index contributed by atoms with van der Waals surface area (Å²) in [6.45, 7) is 2.34. The standard InChI is InChI=1S/C18H21BrN2O3/c1-13(14-4-7-16(24-3)8-5-14)20(2)17(22)10-11-21-12-15(19)6-9-18(21)23/h4-9,12-13H,10-11H2,1-3H3. The third-order valence-corrected chi connectivity index (χ3v) is 4.56. The van der Waals surface area contributed by atoms with Crippen LogP contribution in [0.2, 0.25) is 0 Å². The van der Waals surface area contributed by atoms with Crippen molar-refractivity contribution in [2.45, 2.75) is 25.9 Å². The number of benzene rings is 1. The highest BCUT2D eigenvalue weighted by molar-refractivity contribution is 9.10. The maximum absolute atomic E-state index is 12.4. The van der Waals surface area contributed by atoms with Crippen molar-refractivity contribution in [3.05, 3.63) is 63.0 Å². The summed E-state index contributed by atoms with van der Waals surface area (Å²) in [4.78, 5) is 25.9. The van der Waals surface area contributed by atoms with Crippen LogP contribution >= 0.6 is 15.9 Å². The Bertz CT molecular complexity index is 756. The fourth-order valence-electron chi connectivity index (χ4n) is 2.39. The van der Waals surface area contributed by atoms with Gasteiger partial charge in [0.15, 0.2) is 0 Å². The smallest absolute Gasteiger partial charge is 0.250 e. The van der Waals surface area contributed by atoms with Gasteiger partial charge in [-0.05, 0) is 46.6 Å². The molecule has 1 aromatic heterocycles. The van der Waals surface area contributed by atoms with Gasteiger partial charge in [-0.3, -0.25) is 9.59 Å². The predicted octanol–water partition coefficient (Wildman–Crippen LogP) is 3.23. The third kappa shape index (κ3) is 4.47. The highest BCUT2D eigenvalue weighted by Crippen LogP contribution is 2.22. The van der Waals surface area contributed by atoms with E-state index in [1.165, 1.54) is 10.6 Å². The molecule has 2 aromatic rings. The van der Waals surface area contributed by atoms with Crippen molar-refractivity contribution in [2.24, 2.45) is 0 Å². The summed E-state index contributed by atoms with van der Waals surface area (Å²) < 4.78 is 7.50. The van der Waals surface area contributed by atoms with Gasteiger partial charge in [-0.25, -0.2) is 0 Å². The molecule has 1 aromatic carbocycles. The first-order valence-electron chi connectivity index (χ1n) is 7.68. The molecule has 0 aliphatic heterocycles. The lowest BCUT2D eigenvalue weighted by atomic mass is 10.1. The van der Waals surface area contributed by atoms with Crippen LogP contribution in [0.4, 0.5) is 0 Å². The Labute approximate surface area is 150 Å². The highest BCUT2D eigenvalue weighted by atomic mass is 79.9. The molecule has 24 heavy (non-hydrogen) atoms. The van der Waals surface area contributed by atoms with E-state index in [0.717, 1.165) is 15.8 Å². The van der Waals surface area contributed by atoms with E-state index in [2.05, 4.69) is 15.9 Å². The average Bonchev–Trinajstić information content (AvgIpc) is 2.61. The second-order valence-corrected chi connectivity index (χ2v) is 6.50. The quantitative estimate of drug-likeness (QED) is 0.757. The molecule has 0 aliphatic rings. The van der Waals surface area contributed by atoms with Gasteiger partial charge in [-0.1, -0.05) is 12.1 Å². The van der Waals surface area contributed by atoms with Gasteiger partial charge in [0.05, 0.1) is 13.2 Å². The molecule has 1 atom stereocenters. The van der Waals surface area contributed by atoms with E-state index >= 15 is 0 Å². The minimum absolute atomic E-state index is 0.00908. The van der Waals surface area contributed by atoms with E-state index in [1.54, 1.807) is 31.3 Å². The largest absolute Gasteiger partial charge is 0.497 e. The summed E-state index contributed by atoms with van der Waals surface area (Å²) >= 11 is 3.33. The fourth-order valence-corrected chi connectivity index (χ4v) is 2.77. The molecule has 1 amide bonds. The van der Waals surface area contributed by atoms with Crippen LogP contribution in [0.1, 0.15) is 24.9 Å². The molecule has 0 bridgehead atoms. The van der Waals surface area contributed by atoms with E-state index < -0.39 is 0 Å². The second-order valence-electron chi connectivity index (χ2n) is 5.58. The van der Waals surface area contributed by atoms with Gasteiger partial charge in [0.25, 0.3) is 5.56 Å². The number of ether oxygens (including phenoxy) is 1. The highest BCUT2D eigenvalue weighted by Gasteiger charge is 2.17. The molecule has 1 unspecified atom stereocenters. The molecule has 5 nitrogen and oxygen atoms in total. The molecule has 0 saturated heterocycles. The average molecular weight is 393 g/mol. The molecule has 0 radical (unpaired) electrons. The Morgan fingerprint density at radius 3 is 2.54 bits per heavy atom. The Kier molecular flexibility index (Phi) is 6.20. The lowest BCUT2D eigenvalue weighted by Gasteiger charge is -2.25. The lowest BCUT2D eigenvalue weighted by molar-refractivity contribution is -0.132. The number of aromatic nitrogens is 1. The summed E-state index contributed by atoms with van der Waals surface area (Å²) in [7, 11) is 3.40. The summed E-state index contributed by atoms with van der Waals surface area (Å²) in [5, 5.41) is 0. The Hall–Kier alpha value is -2.08. The molecule has 0 saturated carbocycles. The number of nitrogens with zero attached hydrogens (tertiary/aromatic N) is 2. The summed E-state index contributed by atoms with van der Waals surface area (Å²) in [6, 6.07) is 10.8. The molecule has 128 valence electrons. The van der Waals surface area contributed by atoms with E-state index in [-0.39, 0.29) is 23.9 Å². The van der Waals surface area contributed by atoms with Crippen molar-refractivity contribution in [2.75, 3.05) is 14.2 Å². The number of methoxy groups -OCH3 is 1. The fraction of sp³-hybridized carbons (Fsp3) is 0.333. The Morgan fingerprint density at radius 2 is 1.92 bits per heavy atom. The molecule has 2 rings (SSSR count). The van der Waals surface area contributed by atoms with Crippen molar-refractivity contribution >= 4 is 21.8 Å². The monoisotopic (exact) mass is 392 g/mol. The maximum Gasteiger partial charge on any atom is 0.250 e. The number of halogens is 1. The Balaban J connectivity index is 2.00.